The Labute approximate surface area is 170 Å². The topological polar surface area (TPSA) is 75.7 Å². The van der Waals surface area contributed by atoms with E-state index in [0.29, 0.717) is 19.6 Å². The molecule has 6 nitrogen and oxygen atoms in total. The van der Waals surface area contributed by atoms with Gasteiger partial charge in [0, 0.05) is 19.6 Å². The lowest BCUT2D eigenvalue weighted by Gasteiger charge is -2.35. The van der Waals surface area contributed by atoms with Crippen LogP contribution in [0.3, 0.4) is 0 Å². The number of carbonyl (C=O) groups excluding carboxylic acids is 1. The van der Waals surface area contributed by atoms with Gasteiger partial charge in [0.25, 0.3) is 10.0 Å². The summed E-state index contributed by atoms with van der Waals surface area (Å²) in [6.45, 7) is 3.62. The molecule has 1 aliphatic rings. The third kappa shape index (κ3) is 4.52. The standard InChI is InChI=1S/C18H22N2O4S2.ClH/c1-3-13-4-6-14(7-5-13)15-12-19-10-11-20(15)26(22,23)17-9-8-16(25-17)18(21)24-2;/h4-9,15,19H,3,10-12H2,1-2H3;1H. The molecule has 3 rings (SSSR count). The molecule has 0 aliphatic carbocycles. The van der Waals surface area contributed by atoms with Crippen LogP contribution in [0.4, 0.5) is 0 Å². The fourth-order valence-electron chi connectivity index (χ4n) is 3.02. The van der Waals surface area contributed by atoms with E-state index < -0.39 is 16.0 Å². The Kier molecular flexibility index (Phi) is 7.41. The van der Waals surface area contributed by atoms with Crippen molar-refractivity contribution in [2.45, 2.75) is 23.6 Å². The minimum Gasteiger partial charge on any atom is -0.465 e. The van der Waals surface area contributed by atoms with Gasteiger partial charge in [0.05, 0.1) is 13.2 Å². The smallest absolute Gasteiger partial charge is 0.348 e. The van der Waals surface area contributed by atoms with Gasteiger partial charge in [0.1, 0.15) is 9.09 Å². The molecule has 2 aromatic rings. The first-order valence-electron chi connectivity index (χ1n) is 8.47. The Balaban J connectivity index is 0.00000261. The van der Waals surface area contributed by atoms with Crippen molar-refractivity contribution < 1.29 is 17.9 Å². The van der Waals surface area contributed by atoms with E-state index in [2.05, 4.69) is 17.0 Å². The Bertz CT molecular complexity index is 881. The van der Waals surface area contributed by atoms with Crippen LogP contribution in [-0.4, -0.2) is 45.4 Å². The van der Waals surface area contributed by atoms with Crippen molar-refractivity contribution in [1.82, 2.24) is 9.62 Å². The highest BCUT2D eigenvalue weighted by molar-refractivity contribution is 7.91. The molecule has 1 saturated heterocycles. The SMILES string of the molecule is CCc1ccc(C2CNCCN2S(=O)(=O)c2ccc(C(=O)OC)s2)cc1.Cl. The lowest BCUT2D eigenvalue weighted by Crippen LogP contribution is -2.48. The molecular weight excluding hydrogens is 408 g/mol. The molecule has 1 N–H and O–H groups in total. The fourth-order valence-corrected chi connectivity index (χ4v) is 5.99. The van der Waals surface area contributed by atoms with Gasteiger partial charge in [-0.1, -0.05) is 31.2 Å². The molecule has 1 fully saturated rings. The first-order chi connectivity index (χ1) is 12.5. The van der Waals surface area contributed by atoms with Gasteiger partial charge in [-0.15, -0.1) is 23.7 Å². The van der Waals surface area contributed by atoms with Crippen molar-refractivity contribution >= 4 is 39.7 Å². The average Bonchev–Trinajstić information content (AvgIpc) is 3.18. The van der Waals surface area contributed by atoms with E-state index in [1.807, 2.05) is 24.3 Å². The number of esters is 1. The number of benzene rings is 1. The number of sulfonamides is 1. The van der Waals surface area contributed by atoms with Gasteiger partial charge >= 0.3 is 5.97 Å². The van der Waals surface area contributed by atoms with E-state index >= 15 is 0 Å². The fraction of sp³-hybridized carbons (Fsp3) is 0.389. The maximum absolute atomic E-state index is 13.2. The molecule has 1 aromatic carbocycles. The predicted octanol–water partition coefficient (Wildman–Crippen LogP) is 2.85. The summed E-state index contributed by atoms with van der Waals surface area (Å²) in [5.74, 6) is -0.525. The highest BCUT2D eigenvalue weighted by Crippen LogP contribution is 2.32. The maximum atomic E-state index is 13.2. The van der Waals surface area contributed by atoms with Gasteiger partial charge in [-0.25, -0.2) is 13.2 Å². The first-order valence-corrected chi connectivity index (χ1v) is 10.7. The number of nitrogens with zero attached hydrogens (tertiary/aromatic N) is 1. The zero-order valence-electron chi connectivity index (χ0n) is 15.2. The summed E-state index contributed by atoms with van der Waals surface area (Å²) in [4.78, 5) is 11.9. The number of ether oxygens (including phenoxy) is 1. The molecule has 148 valence electrons. The number of nitrogens with one attached hydrogen (secondary N) is 1. The number of hydrogen-bond donors (Lipinski definition) is 1. The van der Waals surface area contributed by atoms with Crippen LogP contribution in [0.15, 0.2) is 40.6 Å². The average molecular weight is 431 g/mol. The molecule has 0 amide bonds. The molecule has 1 aliphatic heterocycles. The highest BCUT2D eigenvalue weighted by atomic mass is 35.5. The summed E-state index contributed by atoms with van der Waals surface area (Å²) in [6.07, 6.45) is 0.941. The molecule has 9 heteroatoms. The minimum atomic E-state index is -3.69. The van der Waals surface area contributed by atoms with Crippen LogP contribution >= 0.6 is 23.7 Å². The number of halogens is 1. The highest BCUT2D eigenvalue weighted by Gasteiger charge is 2.35. The lowest BCUT2D eigenvalue weighted by molar-refractivity contribution is 0.0606. The number of aryl methyl sites for hydroxylation is 1. The van der Waals surface area contributed by atoms with E-state index in [0.717, 1.165) is 23.3 Å². The van der Waals surface area contributed by atoms with E-state index in [1.165, 1.54) is 29.1 Å². The summed E-state index contributed by atoms with van der Waals surface area (Å²) in [6, 6.07) is 10.8. The van der Waals surface area contributed by atoms with Gasteiger partial charge in [-0.2, -0.15) is 4.31 Å². The zero-order valence-corrected chi connectivity index (χ0v) is 17.6. The molecule has 1 unspecified atom stereocenters. The van der Waals surface area contributed by atoms with Crippen molar-refractivity contribution in [1.29, 1.82) is 0 Å². The second-order valence-corrected chi connectivity index (χ2v) is 9.24. The molecule has 0 bridgehead atoms. The molecule has 0 spiro atoms. The molecule has 27 heavy (non-hydrogen) atoms. The number of thiophene rings is 1. The van der Waals surface area contributed by atoms with Crippen LogP contribution in [0.2, 0.25) is 0 Å². The summed E-state index contributed by atoms with van der Waals surface area (Å²) in [7, 11) is -2.41. The van der Waals surface area contributed by atoms with E-state index in [9.17, 15) is 13.2 Å². The monoisotopic (exact) mass is 430 g/mol. The van der Waals surface area contributed by atoms with Gasteiger partial charge < -0.3 is 10.1 Å². The van der Waals surface area contributed by atoms with Crippen LogP contribution < -0.4 is 5.32 Å². The molecule has 2 heterocycles. The third-order valence-electron chi connectivity index (χ3n) is 4.50. The number of hydrogen-bond acceptors (Lipinski definition) is 6. The predicted molar refractivity (Wildman–Crippen MR) is 108 cm³/mol. The normalized spacial score (nSPS) is 17.9. The summed E-state index contributed by atoms with van der Waals surface area (Å²) in [5, 5.41) is 3.27. The zero-order chi connectivity index (χ0) is 18.7. The minimum absolute atomic E-state index is 0. The number of rotatable bonds is 5. The van der Waals surface area contributed by atoms with Crippen molar-refractivity contribution in [3.8, 4) is 0 Å². The maximum Gasteiger partial charge on any atom is 0.348 e. The Morgan fingerprint density at radius 3 is 2.59 bits per heavy atom. The molecule has 0 saturated carbocycles. The quantitative estimate of drug-likeness (QED) is 0.738. The summed E-state index contributed by atoms with van der Waals surface area (Å²) < 4.78 is 32.7. The Morgan fingerprint density at radius 2 is 1.96 bits per heavy atom. The summed E-state index contributed by atoms with van der Waals surface area (Å²) in [5.41, 5.74) is 2.18. The van der Waals surface area contributed by atoms with Gasteiger partial charge in [0.15, 0.2) is 0 Å². The lowest BCUT2D eigenvalue weighted by atomic mass is 10.0. The third-order valence-corrected chi connectivity index (χ3v) is 7.94. The van der Waals surface area contributed by atoms with E-state index in [-0.39, 0.29) is 27.5 Å². The van der Waals surface area contributed by atoms with E-state index in [4.69, 9.17) is 0 Å². The van der Waals surface area contributed by atoms with Crippen LogP contribution in [0.5, 0.6) is 0 Å². The number of carbonyl (C=O) groups is 1. The van der Waals surface area contributed by atoms with Crippen molar-refractivity contribution in [2.24, 2.45) is 0 Å². The van der Waals surface area contributed by atoms with Gasteiger partial charge in [-0.05, 0) is 29.7 Å². The van der Waals surface area contributed by atoms with E-state index in [1.54, 1.807) is 0 Å². The largest absolute Gasteiger partial charge is 0.465 e. The van der Waals surface area contributed by atoms with Crippen LogP contribution in [0.1, 0.15) is 33.8 Å². The number of piperazine rings is 1. The summed E-state index contributed by atoms with van der Waals surface area (Å²) >= 11 is 0.945. The molecule has 0 radical (unpaired) electrons. The molecule has 1 aromatic heterocycles. The second kappa shape index (κ2) is 9.16. The second-order valence-electron chi connectivity index (χ2n) is 6.04. The van der Waals surface area contributed by atoms with Crippen molar-refractivity contribution in [3.63, 3.8) is 0 Å². The van der Waals surface area contributed by atoms with Gasteiger partial charge in [0.2, 0.25) is 0 Å². The van der Waals surface area contributed by atoms with Gasteiger partial charge in [-0.3, -0.25) is 0 Å². The van der Waals surface area contributed by atoms with Crippen LogP contribution in [-0.2, 0) is 21.2 Å². The molecular formula is C18H23ClN2O4S2. The van der Waals surface area contributed by atoms with Crippen molar-refractivity contribution in [3.05, 3.63) is 52.4 Å². The Morgan fingerprint density at radius 1 is 1.26 bits per heavy atom. The number of methoxy groups -OCH3 is 1. The Hall–Kier alpha value is -1.45. The molecule has 1 atom stereocenters. The van der Waals surface area contributed by atoms with Crippen LogP contribution in [0, 0.1) is 0 Å². The van der Waals surface area contributed by atoms with Crippen molar-refractivity contribution in [2.75, 3.05) is 26.7 Å². The van der Waals surface area contributed by atoms with Crippen LogP contribution in [0.25, 0.3) is 0 Å². The first kappa shape index (κ1) is 21.8.